The summed E-state index contributed by atoms with van der Waals surface area (Å²) in [6.45, 7) is 3.88. The first-order chi connectivity index (χ1) is 26.7. The van der Waals surface area contributed by atoms with Gasteiger partial charge < -0.3 is 29.7 Å². The van der Waals surface area contributed by atoms with Crippen molar-refractivity contribution in [2.45, 2.75) is 113 Å². The molecule has 4 saturated carbocycles. The van der Waals surface area contributed by atoms with Crippen molar-refractivity contribution >= 4 is 44.6 Å². The molecule has 3 N–H and O–H groups in total. The Morgan fingerprint density at radius 2 is 1.79 bits per heavy atom. The number of carbonyl (C=O) groups excluding carboxylic acids is 4. The van der Waals surface area contributed by atoms with Crippen LogP contribution in [0.1, 0.15) is 78.1 Å². The van der Waals surface area contributed by atoms with Crippen LogP contribution in [0, 0.1) is 35.4 Å². The van der Waals surface area contributed by atoms with Crippen LogP contribution in [0.3, 0.4) is 0 Å². The summed E-state index contributed by atoms with van der Waals surface area (Å²) in [6.07, 6.45) is 9.43. The minimum Gasteiger partial charge on any atom is -0.496 e. The van der Waals surface area contributed by atoms with Crippen LogP contribution in [0.25, 0.3) is 10.8 Å². The fourth-order valence-corrected chi connectivity index (χ4v) is 10.5. The van der Waals surface area contributed by atoms with Crippen LogP contribution in [0.15, 0.2) is 36.5 Å². The van der Waals surface area contributed by atoms with Gasteiger partial charge in [-0.25, -0.2) is 22.6 Å². The van der Waals surface area contributed by atoms with Gasteiger partial charge in [0.05, 0.1) is 24.3 Å². The molecule has 1 saturated heterocycles. The SMILES string of the molecule is COc1cc(F)cc2c(O[C@@H]3C[C@H]4C(=O)N[C@]5(C(=O)NS(=O)(=O)C6CC6)CC5/C=C\CC[C@H](C)C[C@@H](C)[C@H](NC(=O)OC5C[C@@H]6C[C@@H]6C5)C(=O)N4C3)nccc12. The maximum atomic E-state index is 14.8. The summed E-state index contributed by atoms with van der Waals surface area (Å²) in [4.78, 5) is 62.3. The zero-order chi connectivity index (χ0) is 39.5. The fraction of sp³-hybridized carbons (Fsp3) is 0.625. The number of hydrogen-bond donors (Lipinski definition) is 3. The summed E-state index contributed by atoms with van der Waals surface area (Å²) in [5.74, 6) is -1.72. The van der Waals surface area contributed by atoms with E-state index in [0.29, 0.717) is 48.3 Å². The number of benzene rings is 1. The van der Waals surface area contributed by atoms with E-state index in [4.69, 9.17) is 14.2 Å². The predicted octanol–water partition coefficient (Wildman–Crippen LogP) is 4.12. The molecule has 4 aliphatic carbocycles. The van der Waals surface area contributed by atoms with Gasteiger partial charge in [0.2, 0.25) is 27.7 Å². The number of sulfonamides is 1. The number of halogens is 1. The van der Waals surface area contributed by atoms with E-state index >= 15 is 0 Å². The Morgan fingerprint density at radius 3 is 2.52 bits per heavy atom. The molecule has 2 aromatic rings. The highest BCUT2D eigenvalue weighted by Gasteiger charge is 2.62. The van der Waals surface area contributed by atoms with Crippen LogP contribution >= 0.6 is 0 Å². The van der Waals surface area contributed by atoms with E-state index in [1.165, 1.54) is 30.3 Å². The van der Waals surface area contributed by atoms with Crippen molar-refractivity contribution in [3.05, 3.63) is 42.4 Å². The number of nitrogens with zero attached hydrogens (tertiary/aromatic N) is 2. The number of allylic oxidation sites excluding steroid dienone is 1. The van der Waals surface area contributed by atoms with Crippen molar-refractivity contribution < 1.29 is 46.2 Å². The molecule has 0 spiro atoms. The number of ether oxygens (including phenoxy) is 3. The number of methoxy groups -OCH3 is 1. The smallest absolute Gasteiger partial charge is 0.408 e. The maximum Gasteiger partial charge on any atom is 0.408 e. The first-order valence-corrected chi connectivity index (χ1v) is 21.4. The Kier molecular flexibility index (Phi) is 10.1. The molecular weight excluding hydrogens is 746 g/mol. The Bertz CT molecular complexity index is 2050. The number of rotatable bonds is 8. The average molecular weight is 796 g/mol. The van der Waals surface area contributed by atoms with Gasteiger partial charge in [0.25, 0.3) is 5.91 Å². The van der Waals surface area contributed by atoms with Gasteiger partial charge in [-0.05, 0) is 93.6 Å². The Morgan fingerprint density at radius 1 is 1.02 bits per heavy atom. The largest absolute Gasteiger partial charge is 0.496 e. The lowest BCUT2D eigenvalue weighted by Crippen LogP contribution is -2.59. The number of alkyl carbamates (subject to hydrolysis) is 1. The molecule has 2 aliphatic heterocycles. The Labute approximate surface area is 325 Å². The number of hydrogen-bond acceptors (Lipinski definition) is 10. The molecule has 6 aliphatic rings. The third-order valence-electron chi connectivity index (χ3n) is 12.6. The summed E-state index contributed by atoms with van der Waals surface area (Å²) in [7, 11) is -2.50. The average Bonchev–Trinajstić information content (AvgIpc) is 4.11. The monoisotopic (exact) mass is 795 g/mol. The van der Waals surface area contributed by atoms with Crippen molar-refractivity contribution in [2.75, 3.05) is 13.7 Å². The number of pyridine rings is 1. The molecule has 14 nitrogen and oxygen atoms in total. The molecule has 56 heavy (non-hydrogen) atoms. The highest BCUT2D eigenvalue weighted by Crippen LogP contribution is 2.52. The third kappa shape index (κ3) is 7.77. The summed E-state index contributed by atoms with van der Waals surface area (Å²) < 4.78 is 60.3. The Balaban J connectivity index is 1.11. The number of nitrogens with one attached hydrogen (secondary N) is 3. The zero-order valence-corrected chi connectivity index (χ0v) is 32.7. The van der Waals surface area contributed by atoms with Crippen LogP contribution in [0.4, 0.5) is 9.18 Å². The topological polar surface area (TPSA) is 182 Å². The maximum absolute atomic E-state index is 14.8. The molecule has 16 heteroatoms. The summed E-state index contributed by atoms with van der Waals surface area (Å²) in [5, 5.41) is 5.97. The Hall–Kier alpha value is -4.47. The lowest BCUT2D eigenvalue weighted by Gasteiger charge is -2.33. The molecule has 10 atom stereocenters. The number of fused-ring (bicyclic) bond motifs is 4. The highest BCUT2D eigenvalue weighted by atomic mass is 32.2. The molecule has 5 fully saturated rings. The third-order valence-corrected chi connectivity index (χ3v) is 14.5. The van der Waals surface area contributed by atoms with Crippen LogP contribution < -0.4 is 24.8 Å². The lowest BCUT2D eigenvalue weighted by atomic mass is 9.88. The fourth-order valence-electron chi connectivity index (χ4n) is 9.18. The normalized spacial score (nSPS) is 34.8. The van der Waals surface area contributed by atoms with Crippen molar-refractivity contribution in [1.29, 1.82) is 0 Å². The van der Waals surface area contributed by atoms with Gasteiger partial charge in [-0.3, -0.25) is 19.1 Å². The van der Waals surface area contributed by atoms with E-state index in [0.717, 1.165) is 25.7 Å². The molecule has 3 heterocycles. The number of aromatic nitrogens is 1. The minimum atomic E-state index is -3.92. The van der Waals surface area contributed by atoms with Crippen LogP contribution in [-0.4, -0.2) is 90.9 Å². The molecular formula is C40H50FN5O9S. The van der Waals surface area contributed by atoms with Crippen molar-refractivity contribution in [3.63, 3.8) is 0 Å². The minimum absolute atomic E-state index is 0.0343. The zero-order valence-electron chi connectivity index (χ0n) is 31.9. The molecule has 0 radical (unpaired) electrons. The molecule has 302 valence electrons. The van der Waals surface area contributed by atoms with E-state index in [1.807, 2.05) is 19.1 Å². The van der Waals surface area contributed by atoms with Gasteiger partial charge >= 0.3 is 6.09 Å². The van der Waals surface area contributed by atoms with Crippen LogP contribution in [0.5, 0.6) is 11.6 Å². The van der Waals surface area contributed by atoms with Crippen LogP contribution in [0.2, 0.25) is 0 Å². The number of carbonyl (C=O) groups is 4. The van der Waals surface area contributed by atoms with E-state index < -0.39 is 74.5 Å². The predicted molar refractivity (Wildman–Crippen MR) is 201 cm³/mol. The molecule has 2 unspecified atom stereocenters. The van der Waals surface area contributed by atoms with E-state index in [-0.39, 0.29) is 49.0 Å². The van der Waals surface area contributed by atoms with Crippen molar-refractivity contribution in [3.8, 4) is 11.6 Å². The second-order valence-corrected chi connectivity index (χ2v) is 18.9. The van der Waals surface area contributed by atoms with E-state index in [2.05, 4.69) is 27.3 Å². The molecule has 8 rings (SSSR count). The molecule has 1 aromatic carbocycles. The van der Waals surface area contributed by atoms with Crippen molar-refractivity contribution in [2.24, 2.45) is 29.6 Å². The van der Waals surface area contributed by atoms with Gasteiger partial charge in [-0.1, -0.05) is 26.0 Å². The highest BCUT2D eigenvalue weighted by molar-refractivity contribution is 7.91. The standard InChI is InChI=1S/C40H50FN5O9S/c1-21-6-4-5-7-25-19-40(25,38(49)45-56(51,52)29-8-9-29)44-35(47)32-18-28(54-36-31-16-26(41)17-33(53-3)30(31)10-11-42-36)20-46(32)37(48)34(22(2)12-21)43-39(50)55-27-14-23-13-24(23)15-27/h5,7,10-11,16-17,21-25,27-29,32,34H,4,6,8-9,12-15,18-20H2,1-3H3,(H,43,50)(H,44,47)(H,45,49)/b7-5-/t21-,22+,23-,24+,25?,27?,28+,32-,34-,40+/m0/s1. The van der Waals surface area contributed by atoms with Gasteiger partial charge in [-0.15, -0.1) is 0 Å². The second-order valence-electron chi connectivity index (χ2n) is 16.9. The summed E-state index contributed by atoms with van der Waals surface area (Å²) in [6, 6.07) is 1.95. The van der Waals surface area contributed by atoms with E-state index in [1.54, 1.807) is 6.07 Å². The quantitative estimate of drug-likeness (QED) is 0.329. The van der Waals surface area contributed by atoms with Gasteiger partial charge in [-0.2, -0.15) is 0 Å². The molecule has 1 aromatic heterocycles. The van der Waals surface area contributed by atoms with Gasteiger partial charge in [0.15, 0.2) is 0 Å². The van der Waals surface area contributed by atoms with Gasteiger partial charge in [0, 0.05) is 30.0 Å². The van der Waals surface area contributed by atoms with Crippen LogP contribution in [-0.2, 0) is 29.1 Å². The van der Waals surface area contributed by atoms with Gasteiger partial charge in [0.1, 0.15) is 41.4 Å². The summed E-state index contributed by atoms with van der Waals surface area (Å²) >= 11 is 0. The number of amides is 4. The lowest BCUT2D eigenvalue weighted by molar-refractivity contribution is -0.142. The molecule has 0 bridgehead atoms. The second kappa shape index (κ2) is 14.8. The first kappa shape index (κ1) is 38.4. The molecule has 4 amide bonds. The van der Waals surface area contributed by atoms with Crippen molar-refractivity contribution in [1.82, 2.24) is 25.2 Å². The first-order valence-electron chi connectivity index (χ1n) is 19.9. The van der Waals surface area contributed by atoms with E-state index in [9.17, 15) is 32.0 Å². The summed E-state index contributed by atoms with van der Waals surface area (Å²) in [5.41, 5.74) is -1.54.